The normalized spacial score (nSPS) is 11.0. The van der Waals surface area contributed by atoms with Crippen LogP contribution in [-0.2, 0) is 13.0 Å². The van der Waals surface area contributed by atoms with Gasteiger partial charge in [-0.15, -0.1) is 0 Å². The zero-order valence-electron chi connectivity index (χ0n) is 8.40. The van der Waals surface area contributed by atoms with E-state index in [4.69, 9.17) is 5.73 Å². The zero-order chi connectivity index (χ0) is 9.97. The summed E-state index contributed by atoms with van der Waals surface area (Å²) >= 11 is 0. The minimum Gasteiger partial charge on any atom is -0.330 e. The number of nitrogens with zero attached hydrogens (tertiary/aromatic N) is 2. The maximum absolute atomic E-state index is 5.58. The summed E-state index contributed by atoms with van der Waals surface area (Å²) < 4.78 is 2.03. The van der Waals surface area contributed by atoms with Crippen molar-refractivity contribution < 1.29 is 0 Å². The van der Waals surface area contributed by atoms with Crippen LogP contribution in [0.15, 0.2) is 24.4 Å². The Balaban J connectivity index is 2.62. The third-order valence-electron chi connectivity index (χ3n) is 2.46. The number of fused-ring (bicyclic) bond motifs is 1. The molecule has 0 aliphatic heterocycles. The van der Waals surface area contributed by atoms with Gasteiger partial charge < -0.3 is 5.73 Å². The van der Waals surface area contributed by atoms with Crippen molar-refractivity contribution in [2.24, 2.45) is 5.73 Å². The van der Waals surface area contributed by atoms with Crippen molar-refractivity contribution in [3.8, 4) is 0 Å². The van der Waals surface area contributed by atoms with E-state index in [1.165, 1.54) is 16.5 Å². The minimum atomic E-state index is 0.688. The molecule has 0 spiro atoms. The van der Waals surface area contributed by atoms with Gasteiger partial charge in [0.25, 0.3) is 0 Å². The lowest BCUT2D eigenvalue weighted by Gasteiger charge is -2.04. The largest absolute Gasteiger partial charge is 0.330 e. The molecule has 0 aliphatic carbocycles. The molecule has 2 aromatic rings. The number of aromatic nitrogens is 2. The lowest BCUT2D eigenvalue weighted by molar-refractivity contribution is 0.680. The summed E-state index contributed by atoms with van der Waals surface area (Å²) in [7, 11) is 0. The van der Waals surface area contributed by atoms with Gasteiger partial charge in [0.1, 0.15) is 0 Å². The first-order valence-electron chi connectivity index (χ1n) is 5.00. The van der Waals surface area contributed by atoms with Crippen molar-refractivity contribution in [1.82, 2.24) is 9.78 Å². The number of nitrogens with two attached hydrogens (primary N) is 1. The predicted molar refractivity (Wildman–Crippen MR) is 58.2 cm³/mol. The molecule has 0 atom stereocenters. The summed E-state index contributed by atoms with van der Waals surface area (Å²) in [6, 6.07) is 6.28. The number of benzene rings is 1. The number of para-hydroxylation sites is 1. The molecule has 0 saturated carbocycles. The van der Waals surface area contributed by atoms with E-state index in [0.29, 0.717) is 6.54 Å². The van der Waals surface area contributed by atoms with Gasteiger partial charge in [0.2, 0.25) is 0 Å². The molecule has 0 fully saturated rings. The van der Waals surface area contributed by atoms with Crippen LogP contribution >= 0.6 is 0 Å². The van der Waals surface area contributed by atoms with Gasteiger partial charge in [-0.1, -0.05) is 18.2 Å². The van der Waals surface area contributed by atoms with Gasteiger partial charge in [-0.3, -0.25) is 4.68 Å². The Kier molecular flexibility index (Phi) is 2.50. The molecule has 1 heterocycles. The number of hydrogen-bond donors (Lipinski definition) is 1. The van der Waals surface area contributed by atoms with Crippen LogP contribution < -0.4 is 5.73 Å². The molecule has 0 amide bonds. The van der Waals surface area contributed by atoms with Crippen LogP contribution in [0.3, 0.4) is 0 Å². The van der Waals surface area contributed by atoms with Crippen molar-refractivity contribution in [2.75, 3.05) is 6.54 Å². The van der Waals surface area contributed by atoms with Crippen LogP contribution in [0, 0.1) is 0 Å². The van der Waals surface area contributed by atoms with Gasteiger partial charge in [0, 0.05) is 11.9 Å². The lowest BCUT2D eigenvalue weighted by Crippen LogP contribution is -2.05. The van der Waals surface area contributed by atoms with Crippen molar-refractivity contribution in [2.45, 2.75) is 19.9 Å². The Labute approximate surface area is 83.5 Å². The molecule has 74 valence electrons. The fraction of sp³-hybridized carbons (Fsp3) is 0.364. The van der Waals surface area contributed by atoms with E-state index in [-0.39, 0.29) is 0 Å². The third kappa shape index (κ3) is 1.40. The highest BCUT2D eigenvalue weighted by Gasteiger charge is 2.05. The Morgan fingerprint density at radius 3 is 3.00 bits per heavy atom. The second kappa shape index (κ2) is 3.80. The fourth-order valence-corrected chi connectivity index (χ4v) is 1.82. The number of hydrogen-bond acceptors (Lipinski definition) is 2. The second-order valence-corrected chi connectivity index (χ2v) is 3.35. The predicted octanol–water partition coefficient (Wildman–Crippen LogP) is 1.56. The molecule has 0 aliphatic rings. The summed E-state index contributed by atoms with van der Waals surface area (Å²) in [4.78, 5) is 0. The molecular formula is C11H15N3. The number of aryl methyl sites for hydroxylation is 1. The van der Waals surface area contributed by atoms with E-state index in [9.17, 15) is 0 Å². The highest BCUT2D eigenvalue weighted by molar-refractivity contribution is 5.82. The van der Waals surface area contributed by atoms with E-state index < -0.39 is 0 Å². The Hall–Kier alpha value is -1.35. The maximum atomic E-state index is 5.58. The average molecular weight is 189 g/mol. The Morgan fingerprint density at radius 1 is 1.43 bits per heavy atom. The van der Waals surface area contributed by atoms with Gasteiger partial charge in [-0.05, 0) is 25.5 Å². The summed E-state index contributed by atoms with van der Waals surface area (Å²) in [6.07, 6.45) is 2.84. The molecule has 14 heavy (non-hydrogen) atoms. The molecular weight excluding hydrogens is 174 g/mol. The first kappa shape index (κ1) is 9.21. The molecule has 3 nitrogen and oxygen atoms in total. The SMILES string of the molecule is CCn1ncc2cccc(CCN)c21. The van der Waals surface area contributed by atoms with Crippen LogP contribution in [0.1, 0.15) is 12.5 Å². The number of rotatable bonds is 3. The monoisotopic (exact) mass is 189 g/mol. The first-order chi connectivity index (χ1) is 6.86. The molecule has 1 aromatic heterocycles. The van der Waals surface area contributed by atoms with Crippen LogP contribution in [0.2, 0.25) is 0 Å². The van der Waals surface area contributed by atoms with Crippen LogP contribution in [0.5, 0.6) is 0 Å². The third-order valence-corrected chi connectivity index (χ3v) is 2.46. The lowest BCUT2D eigenvalue weighted by atomic mass is 10.1. The summed E-state index contributed by atoms with van der Waals surface area (Å²) in [6.45, 7) is 3.70. The van der Waals surface area contributed by atoms with Gasteiger partial charge in [-0.25, -0.2) is 0 Å². The van der Waals surface area contributed by atoms with E-state index in [2.05, 4.69) is 30.2 Å². The van der Waals surface area contributed by atoms with E-state index in [0.717, 1.165) is 13.0 Å². The van der Waals surface area contributed by atoms with E-state index in [1.54, 1.807) is 0 Å². The zero-order valence-corrected chi connectivity index (χ0v) is 8.40. The van der Waals surface area contributed by atoms with E-state index >= 15 is 0 Å². The molecule has 1 aromatic carbocycles. The van der Waals surface area contributed by atoms with Gasteiger partial charge in [0.15, 0.2) is 0 Å². The summed E-state index contributed by atoms with van der Waals surface area (Å²) in [5, 5.41) is 5.54. The smallest absolute Gasteiger partial charge is 0.0714 e. The molecule has 2 N–H and O–H groups in total. The molecule has 3 heteroatoms. The molecule has 0 bridgehead atoms. The fourth-order valence-electron chi connectivity index (χ4n) is 1.82. The second-order valence-electron chi connectivity index (χ2n) is 3.35. The van der Waals surface area contributed by atoms with Gasteiger partial charge >= 0.3 is 0 Å². The first-order valence-corrected chi connectivity index (χ1v) is 5.00. The highest BCUT2D eigenvalue weighted by Crippen LogP contribution is 2.18. The van der Waals surface area contributed by atoms with Crippen LogP contribution in [-0.4, -0.2) is 16.3 Å². The van der Waals surface area contributed by atoms with Gasteiger partial charge in [-0.2, -0.15) is 5.10 Å². The quantitative estimate of drug-likeness (QED) is 0.796. The van der Waals surface area contributed by atoms with E-state index in [1.807, 2.05) is 10.9 Å². The molecule has 0 saturated heterocycles. The Bertz CT molecular complexity index is 431. The van der Waals surface area contributed by atoms with Crippen LogP contribution in [0.25, 0.3) is 10.9 Å². The van der Waals surface area contributed by atoms with Crippen molar-refractivity contribution in [3.63, 3.8) is 0 Å². The average Bonchev–Trinajstić information content (AvgIpc) is 2.62. The van der Waals surface area contributed by atoms with Crippen molar-refractivity contribution in [1.29, 1.82) is 0 Å². The molecule has 2 rings (SSSR count). The highest BCUT2D eigenvalue weighted by atomic mass is 15.3. The minimum absolute atomic E-state index is 0.688. The summed E-state index contributed by atoms with van der Waals surface area (Å²) in [5.74, 6) is 0. The van der Waals surface area contributed by atoms with Gasteiger partial charge in [0.05, 0.1) is 11.7 Å². The molecule has 0 radical (unpaired) electrons. The maximum Gasteiger partial charge on any atom is 0.0714 e. The standard InChI is InChI=1S/C11H15N3/c1-2-14-11-9(6-7-12)4-3-5-10(11)8-13-14/h3-5,8H,2,6-7,12H2,1H3. The van der Waals surface area contributed by atoms with Crippen molar-refractivity contribution in [3.05, 3.63) is 30.0 Å². The Morgan fingerprint density at radius 2 is 2.29 bits per heavy atom. The topological polar surface area (TPSA) is 43.8 Å². The van der Waals surface area contributed by atoms with Crippen LogP contribution in [0.4, 0.5) is 0 Å². The van der Waals surface area contributed by atoms with Crippen molar-refractivity contribution >= 4 is 10.9 Å². The summed E-state index contributed by atoms with van der Waals surface area (Å²) in [5.41, 5.74) is 8.11. The molecule has 0 unspecified atom stereocenters.